The molecule has 0 bridgehead atoms. The van der Waals surface area contributed by atoms with Crippen LogP contribution in [0.3, 0.4) is 0 Å². The number of carbonyl (C=O) groups excluding carboxylic acids is 3. The number of esters is 3. The molecule has 83 heavy (non-hydrogen) atoms. The van der Waals surface area contributed by atoms with E-state index in [9.17, 15) is 14.4 Å². The van der Waals surface area contributed by atoms with Gasteiger partial charge in [0.15, 0.2) is 6.10 Å². The predicted octanol–water partition coefficient (Wildman–Crippen LogP) is 23.7. The zero-order valence-electron chi connectivity index (χ0n) is 53.7. The Morgan fingerprint density at radius 2 is 0.482 bits per heavy atom. The molecule has 0 saturated heterocycles. The minimum atomic E-state index is -0.822. The Morgan fingerprint density at radius 3 is 0.783 bits per heavy atom. The standard InChI is InChI=1S/C77H124O6/c1-4-7-10-13-16-19-22-25-28-31-33-35-36-37-38-39-40-42-43-46-49-52-55-58-61-64-67-70-76(79)82-73-74(72-81-75(78)69-66-63-60-57-54-51-48-45-30-27-24-21-18-15-12-9-6-3)83-77(80)71-68-65-62-59-56-53-50-47-44-41-34-32-29-26-23-20-17-14-11-8-5-2/h8-9,11-12,17-18,20-22,25-27,29-31,33-34,36-37,41,47-48,50-51,57,60,74H,4-7,10,13-16,19,23-24,28,32,35,38-40,42-46,49,52-56,58-59,61-73H2,1-3H3/b11-8-,12-9-,20-17-,21-18-,25-22-,29-26-,30-27-,33-31-,37-36-,41-34-,50-47-,51-48-,60-57-. The van der Waals surface area contributed by atoms with E-state index in [-0.39, 0.29) is 44.0 Å². The molecule has 0 heterocycles. The van der Waals surface area contributed by atoms with Crippen LogP contribution in [0.1, 0.15) is 290 Å². The second kappa shape index (κ2) is 69.5. The van der Waals surface area contributed by atoms with Crippen LogP contribution in [0.4, 0.5) is 0 Å². The van der Waals surface area contributed by atoms with Gasteiger partial charge in [0.2, 0.25) is 0 Å². The summed E-state index contributed by atoms with van der Waals surface area (Å²) >= 11 is 0. The van der Waals surface area contributed by atoms with Crippen LogP contribution < -0.4 is 0 Å². The molecule has 0 saturated carbocycles. The lowest BCUT2D eigenvalue weighted by atomic mass is 10.0. The van der Waals surface area contributed by atoms with Gasteiger partial charge < -0.3 is 14.2 Å². The summed E-state index contributed by atoms with van der Waals surface area (Å²) in [7, 11) is 0. The predicted molar refractivity (Wildman–Crippen MR) is 362 cm³/mol. The highest BCUT2D eigenvalue weighted by molar-refractivity contribution is 5.71. The number of carbonyl (C=O) groups is 3. The van der Waals surface area contributed by atoms with Crippen molar-refractivity contribution < 1.29 is 28.6 Å². The van der Waals surface area contributed by atoms with Crippen molar-refractivity contribution in [1.82, 2.24) is 0 Å². The summed E-state index contributed by atoms with van der Waals surface area (Å²) < 4.78 is 16.9. The zero-order valence-corrected chi connectivity index (χ0v) is 53.7. The number of unbranched alkanes of at least 4 members (excludes halogenated alkanes) is 23. The average Bonchev–Trinajstić information content (AvgIpc) is 3.50. The van der Waals surface area contributed by atoms with Gasteiger partial charge in [-0.1, -0.05) is 288 Å². The van der Waals surface area contributed by atoms with E-state index in [2.05, 4.69) is 179 Å². The van der Waals surface area contributed by atoms with E-state index in [0.29, 0.717) is 12.8 Å². The van der Waals surface area contributed by atoms with Gasteiger partial charge in [-0.3, -0.25) is 14.4 Å². The van der Waals surface area contributed by atoms with Crippen LogP contribution in [0.2, 0.25) is 0 Å². The highest BCUT2D eigenvalue weighted by Crippen LogP contribution is 2.15. The van der Waals surface area contributed by atoms with Crippen molar-refractivity contribution in [3.63, 3.8) is 0 Å². The maximum absolute atomic E-state index is 12.9. The van der Waals surface area contributed by atoms with Crippen LogP contribution in [-0.4, -0.2) is 37.2 Å². The van der Waals surface area contributed by atoms with Crippen molar-refractivity contribution in [2.75, 3.05) is 13.2 Å². The molecule has 468 valence electrons. The topological polar surface area (TPSA) is 78.9 Å². The fraction of sp³-hybridized carbons (Fsp3) is 0.623. The van der Waals surface area contributed by atoms with E-state index in [4.69, 9.17) is 14.2 Å². The number of hydrogen-bond donors (Lipinski definition) is 0. The average molecular weight is 1150 g/mol. The van der Waals surface area contributed by atoms with Gasteiger partial charge in [-0.05, 0) is 141 Å². The second-order valence-corrected chi connectivity index (χ2v) is 22.0. The highest BCUT2D eigenvalue weighted by atomic mass is 16.6. The molecule has 0 aliphatic rings. The van der Waals surface area contributed by atoms with Gasteiger partial charge in [0, 0.05) is 19.3 Å². The number of rotatable bonds is 60. The van der Waals surface area contributed by atoms with E-state index < -0.39 is 6.10 Å². The van der Waals surface area contributed by atoms with E-state index in [1.54, 1.807) is 0 Å². The van der Waals surface area contributed by atoms with E-state index in [1.165, 1.54) is 103 Å². The first-order valence-corrected chi connectivity index (χ1v) is 34.0. The molecule has 0 aliphatic heterocycles. The lowest BCUT2D eigenvalue weighted by Crippen LogP contribution is -2.30. The summed E-state index contributed by atoms with van der Waals surface area (Å²) in [6, 6.07) is 0. The molecule has 0 radical (unpaired) electrons. The van der Waals surface area contributed by atoms with E-state index in [1.807, 2.05) is 0 Å². The molecule has 0 spiro atoms. The molecule has 1 atom stereocenters. The van der Waals surface area contributed by atoms with E-state index in [0.717, 1.165) is 141 Å². The minimum absolute atomic E-state index is 0.111. The monoisotopic (exact) mass is 1140 g/mol. The number of allylic oxidation sites excluding steroid dienone is 26. The third-order valence-corrected chi connectivity index (χ3v) is 14.0. The molecule has 0 rings (SSSR count). The maximum Gasteiger partial charge on any atom is 0.306 e. The van der Waals surface area contributed by atoms with Gasteiger partial charge in [-0.25, -0.2) is 0 Å². The number of hydrogen-bond acceptors (Lipinski definition) is 6. The normalized spacial score (nSPS) is 13.1. The summed E-state index contributed by atoms with van der Waals surface area (Å²) in [5.74, 6) is -0.992. The molecule has 0 aromatic heterocycles. The largest absolute Gasteiger partial charge is 0.462 e. The first-order chi connectivity index (χ1) is 41.0. The van der Waals surface area contributed by atoms with Gasteiger partial charge in [0.05, 0.1) is 0 Å². The summed E-state index contributed by atoms with van der Waals surface area (Å²) in [4.78, 5) is 38.4. The van der Waals surface area contributed by atoms with Crippen LogP contribution in [0.25, 0.3) is 0 Å². The van der Waals surface area contributed by atoms with Gasteiger partial charge in [-0.15, -0.1) is 0 Å². The van der Waals surface area contributed by atoms with Crippen LogP contribution >= 0.6 is 0 Å². The lowest BCUT2D eigenvalue weighted by molar-refractivity contribution is -0.167. The molecule has 0 aliphatic carbocycles. The lowest BCUT2D eigenvalue weighted by Gasteiger charge is -2.18. The summed E-state index contributed by atoms with van der Waals surface area (Å²) in [6.07, 6.45) is 101. The van der Waals surface area contributed by atoms with Gasteiger partial charge in [-0.2, -0.15) is 0 Å². The summed E-state index contributed by atoms with van der Waals surface area (Å²) in [6.45, 7) is 6.34. The molecular formula is C77H124O6. The molecule has 0 N–H and O–H groups in total. The van der Waals surface area contributed by atoms with Crippen molar-refractivity contribution >= 4 is 17.9 Å². The number of ether oxygens (including phenoxy) is 3. The third-order valence-electron chi connectivity index (χ3n) is 14.0. The van der Waals surface area contributed by atoms with Crippen molar-refractivity contribution in [3.05, 3.63) is 158 Å². The van der Waals surface area contributed by atoms with Gasteiger partial charge in [0.1, 0.15) is 13.2 Å². The van der Waals surface area contributed by atoms with Crippen molar-refractivity contribution in [2.24, 2.45) is 0 Å². The first-order valence-electron chi connectivity index (χ1n) is 34.0. The molecule has 0 fully saturated rings. The Labute approximate surface area is 511 Å². The summed E-state index contributed by atoms with van der Waals surface area (Å²) in [5.41, 5.74) is 0. The van der Waals surface area contributed by atoms with Crippen LogP contribution in [0, 0.1) is 0 Å². The Hall–Kier alpha value is -4.97. The van der Waals surface area contributed by atoms with Crippen molar-refractivity contribution in [3.8, 4) is 0 Å². The van der Waals surface area contributed by atoms with Crippen molar-refractivity contribution in [1.29, 1.82) is 0 Å². The summed E-state index contributed by atoms with van der Waals surface area (Å²) in [5, 5.41) is 0. The molecule has 1 unspecified atom stereocenters. The van der Waals surface area contributed by atoms with Crippen LogP contribution in [-0.2, 0) is 28.6 Å². The van der Waals surface area contributed by atoms with Crippen molar-refractivity contribution in [2.45, 2.75) is 297 Å². The zero-order chi connectivity index (χ0) is 59.9. The highest BCUT2D eigenvalue weighted by Gasteiger charge is 2.19. The Bertz CT molecular complexity index is 1840. The van der Waals surface area contributed by atoms with Crippen LogP contribution in [0.5, 0.6) is 0 Å². The molecule has 0 aromatic rings. The Kier molecular flexibility index (Phi) is 65.4. The Balaban J connectivity index is 4.46. The second-order valence-electron chi connectivity index (χ2n) is 22.0. The SMILES string of the molecule is CC/C=C\C/C=C\C/C=C\C/C=C\C/C=C\CCCCCCCC(=O)OC(COC(=O)CCC/C=C\C/C=C\C/C=C\C/C=C\C/C=C\CC)COC(=O)CCCCCCCCCCCCCC/C=C\C/C=C\C/C=C\CCCCCCC. The fourth-order valence-corrected chi connectivity index (χ4v) is 8.98. The minimum Gasteiger partial charge on any atom is -0.462 e. The molecule has 6 heteroatoms. The fourth-order valence-electron chi connectivity index (χ4n) is 8.98. The van der Waals surface area contributed by atoms with Gasteiger partial charge >= 0.3 is 17.9 Å². The smallest absolute Gasteiger partial charge is 0.306 e. The molecule has 6 nitrogen and oxygen atoms in total. The maximum atomic E-state index is 12.9. The molecule has 0 aromatic carbocycles. The van der Waals surface area contributed by atoms with Gasteiger partial charge in [0.25, 0.3) is 0 Å². The molecular weight excluding hydrogens is 1020 g/mol. The van der Waals surface area contributed by atoms with E-state index >= 15 is 0 Å². The quantitative estimate of drug-likeness (QED) is 0.0261. The first kappa shape index (κ1) is 78.0. The Morgan fingerprint density at radius 1 is 0.253 bits per heavy atom. The third kappa shape index (κ3) is 67.7. The van der Waals surface area contributed by atoms with Crippen LogP contribution in [0.15, 0.2) is 158 Å². The molecule has 0 amide bonds.